The van der Waals surface area contributed by atoms with Crippen LogP contribution in [0.5, 0.6) is 0 Å². The van der Waals surface area contributed by atoms with Crippen molar-refractivity contribution in [2.45, 2.75) is 6.92 Å². The van der Waals surface area contributed by atoms with Gasteiger partial charge < -0.3 is 15.1 Å². The summed E-state index contributed by atoms with van der Waals surface area (Å²) < 4.78 is 0. The zero-order valence-corrected chi connectivity index (χ0v) is 14.1. The molecule has 0 radical (unpaired) electrons. The molecule has 1 aliphatic heterocycles. The fourth-order valence-corrected chi connectivity index (χ4v) is 3.02. The fourth-order valence-electron chi connectivity index (χ4n) is 2.69. The number of nitrogens with zero attached hydrogens (tertiary/aromatic N) is 4. The first-order chi connectivity index (χ1) is 11.3. The van der Waals surface area contributed by atoms with Gasteiger partial charge in [0.25, 0.3) is 0 Å². The van der Waals surface area contributed by atoms with Gasteiger partial charge in [0.1, 0.15) is 12.1 Å². The molecule has 3 rings (SSSR count). The Labute approximate surface area is 142 Å². The summed E-state index contributed by atoms with van der Waals surface area (Å²) in [6.45, 7) is 6.58. The van der Waals surface area contributed by atoms with Gasteiger partial charge in [-0.25, -0.2) is 9.97 Å². The molecular weight excluding hydrogens is 306 g/mol. The van der Waals surface area contributed by atoms with E-state index in [4.69, 9.17) is 12.2 Å². The number of hydrogen-bond donors (Lipinski definition) is 1. The summed E-state index contributed by atoms with van der Waals surface area (Å²) in [5.41, 5.74) is 2.07. The SMILES string of the molecule is CCNC(=S)N1CCN(c2cc(-c3ccccc3)ncn2)CC1. The van der Waals surface area contributed by atoms with Crippen molar-refractivity contribution in [1.82, 2.24) is 20.2 Å². The average molecular weight is 327 g/mol. The lowest BCUT2D eigenvalue weighted by Gasteiger charge is -2.36. The van der Waals surface area contributed by atoms with Gasteiger partial charge in [-0.1, -0.05) is 30.3 Å². The highest BCUT2D eigenvalue weighted by Gasteiger charge is 2.20. The second-order valence-corrected chi connectivity index (χ2v) is 5.82. The third-order valence-electron chi connectivity index (χ3n) is 3.94. The summed E-state index contributed by atoms with van der Waals surface area (Å²) in [5.74, 6) is 0.980. The first-order valence-electron chi connectivity index (χ1n) is 7.93. The molecule has 0 aliphatic carbocycles. The van der Waals surface area contributed by atoms with E-state index in [1.807, 2.05) is 18.2 Å². The van der Waals surface area contributed by atoms with Crippen molar-refractivity contribution in [1.29, 1.82) is 0 Å². The van der Waals surface area contributed by atoms with Crippen LogP contribution in [0.2, 0.25) is 0 Å². The van der Waals surface area contributed by atoms with Gasteiger partial charge >= 0.3 is 0 Å². The number of thiocarbonyl (C=S) groups is 1. The maximum Gasteiger partial charge on any atom is 0.169 e. The van der Waals surface area contributed by atoms with Gasteiger partial charge in [-0.05, 0) is 19.1 Å². The molecule has 0 bridgehead atoms. The summed E-state index contributed by atoms with van der Waals surface area (Å²) in [5, 5.41) is 4.06. The zero-order chi connectivity index (χ0) is 16.1. The van der Waals surface area contributed by atoms with E-state index in [2.05, 4.69) is 50.2 Å². The Morgan fingerprint density at radius 3 is 2.57 bits per heavy atom. The van der Waals surface area contributed by atoms with E-state index in [-0.39, 0.29) is 0 Å². The minimum atomic E-state index is 0.847. The van der Waals surface area contributed by atoms with E-state index >= 15 is 0 Å². The Morgan fingerprint density at radius 2 is 1.87 bits per heavy atom. The van der Waals surface area contributed by atoms with E-state index in [1.165, 1.54) is 0 Å². The molecule has 23 heavy (non-hydrogen) atoms. The number of hydrogen-bond acceptors (Lipinski definition) is 4. The smallest absolute Gasteiger partial charge is 0.169 e. The molecule has 5 nitrogen and oxygen atoms in total. The Balaban J connectivity index is 1.68. The normalized spacial score (nSPS) is 14.7. The number of rotatable bonds is 3. The first-order valence-corrected chi connectivity index (χ1v) is 8.34. The molecule has 0 atom stereocenters. The number of nitrogens with one attached hydrogen (secondary N) is 1. The first kappa shape index (κ1) is 15.7. The van der Waals surface area contributed by atoms with Crippen LogP contribution < -0.4 is 10.2 Å². The molecule has 1 aliphatic rings. The van der Waals surface area contributed by atoms with Crippen LogP contribution in [0.15, 0.2) is 42.7 Å². The molecule has 1 saturated heterocycles. The van der Waals surface area contributed by atoms with E-state index < -0.39 is 0 Å². The average Bonchev–Trinajstić information content (AvgIpc) is 2.63. The number of aromatic nitrogens is 2. The van der Waals surface area contributed by atoms with Crippen molar-refractivity contribution < 1.29 is 0 Å². The molecule has 0 spiro atoms. The second kappa shape index (κ2) is 7.37. The lowest BCUT2D eigenvalue weighted by Crippen LogP contribution is -2.51. The summed E-state index contributed by atoms with van der Waals surface area (Å²) in [4.78, 5) is 13.3. The molecular formula is C17H21N5S. The third kappa shape index (κ3) is 3.76. The number of anilines is 1. The summed E-state index contributed by atoms with van der Waals surface area (Å²) in [6, 6.07) is 12.3. The molecule has 0 saturated carbocycles. The van der Waals surface area contributed by atoms with Crippen molar-refractivity contribution >= 4 is 23.1 Å². The lowest BCUT2D eigenvalue weighted by molar-refractivity contribution is 0.380. The van der Waals surface area contributed by atoms with Crippen molar-refractivity contribution in [3.05, 3.63) is 42.7 Å². The predicted octanol–water partition coefficient (Wildman–Crippen LogP) is 2.16. The highest BCUT2D eigenvalue weighted by molar-refractivity contribution is 7.80. The maximum atomic E-state index is 5.38. The van der Waals surface area contributed by atoms with Crippen LogP contribution in [0.4, 0.5) is 5.82 Å². The van der Waals surface area contributed by atoms with Gasteiger partial charge in [0.15, 0.2) is 5.11 Å². The lowest BCUT2D eigenvalue weighted by atomic mass is 10.1. The second-order valence-electron chi connectivity index (χ2n) is 5.44. The van der Waals surface area contributed by atoms with E-state index in [0.717, 1.165) is 54.9 Å². The predicted molar refractivity (Wildman–Crippen MR) is 97.5 cm³/mol. The monoisotopic (exact) mass is 327 g/mol. The largest absolute Gasteiger partial charge is 0.363 e. The Morgan fingerprint density at radius 1 is 1.13 bits per heavy atom. The Hall–Kier alpha value is -2.21. The van der Waals surface area contributed by atoms with Gasteiger partial charge in [0, 0.05) is 44.4 Å². The molecule has 0 unspecified atom stereocenters. The molecule has 1 aromatic carbocycles. The Bertz CT molecular complexity index is 653. The van der Waals surface area contributed by atoms with Gasteiger partial charge in [0.05, 0.1) is 5.69 Å². The highest BCUT2D eigenvalue weighted by Crippen LogP contribution is 2.21. The fraction of sp³-hybridized carbons (Fsp3) is 0.353. The zero-order valence-electron chi connectivity index (χ0n) is 13.3. The van der Waals surface area contributed by atoms with Crippen LogP contribution in [0, 0.1) is 0 Å². The van der Waals surface area contributed by atoms with Crippen LogP contribution in [-0.2, 0) is 0 Å². The van der Waals surface area contributed by atoms with Gasteiger partial charge in [-0.2, -0.15) is 0 Å². The van der Waals surface area contributed by atoms with E-state index in [1.54, 1.807) is 6.33 Å². The molecule has 1 N–H and O–H groups in total. The van der Waals surface area contributed by atoms with Crippen LogP contribution in [0.1, 0.15) is 6.92 Å². The van der Waals surface area contributed by atoms with Crippen molar-refractivity contribution in [2.24, 2.45) is 0 Å². The van der Waals surface area contributed by atoms with Crippen LogP contribution >= 0.6 is 12.2 Å². The standard InChI is InChI=1S/C17H21N5S/c1-2-18-17(23)22-10-8-21(9-11-22)16-12-15(19-13-20-16)14-6-4-3-5-7-14/h3-7,12-13H,2,8-11H2,1H3,(H,18,23). The summed E-state index contributed by atoms with van der Waals surface area (Å²) in [6.07, 6.45) is 1.65. The molecule has 2 heterocycles. The topological polar surface area (TPSA) is 44.3 Å². The Kier molecular flexibility index (Phi) is 5.02. The summed E-state index contributed by atoms with van der Waals surface area (Å²) >= 11 is 5.38. The molecule has 0 amide bonds. The third-order valence-corrected chi connectivity index (χ3v) is 4.34. The number of piperazine rings is 1. The molecule has 2 aromatic rings. The van der Waals surface area contributed by atoms with Crippen LogP contribution in [0.25, 0.3) is 11.3 Å². The van der Waals surface area contributed by atoms with Crippen molar-refractivity contribution in [2.75, 3.05) is 37.6 Å². The van der Waals surface area contributed by atoms with Gasteiger partial charge in [-0.3, -0.25) is 0 Å². The van der Waals surface area contributed by atoms with Crippen molar-refractivity contribution in [3.63, 3.8) is 0 Å². The minimum Gasteiger partial charge on any atom is -0.363 e. The van der Waals surface area contributed by atoms with Gasteiger partial charge in [-0.15, -0.1) is 0 Å². The molecule has 6 heteroatoms. The number of benzene rings is 1. The van der Waals surface area contributed by atoms with E-state index in [9.17, 15) is 0 Å². The summed E-state index contributed by atoms with van der Waals surface area (Å²) in [7, 11) is 0. The highest BCUT2D eigenvalue weighted by atomic mass is 32.1. The van der Waals surface area contributed by atoms with Crippen LogP contribution in [0.3, 0.4) is 0 Å². The maximum absolute atomic E-state index is 5.38. The van der Waals surface area contributed by atoms with Crippen LogP contribution in [-0.4, -0.2) is 52.7 Å². The van der Waals surface area contributed by atoms with Gasteiger partial charge in [0.2, 0.25) is 0 Å². The quantitative estimate of drug-likeness (QED) is 0.872. The van der Waals surface area contributed by atoms with Crippen molar-refractivity contribution in [3.8, 4) is 11.3 Å². The minimum absolute atomic E-state index is 0.847. The molecule has 1 fully saturated rings. The molecule has 1 aromatic heterocycles. The van der Waals surface area contributed by atoms with E-state index in [0.29, 0.717) is 0 Å². The molecule has 120 valence electrons.